The summed E-state index contributed by atoms with van der Waals surface area (Å²) in [7, 11) is 1.81. The Bertz CT molecular complexity index is 731. The summed E-state index contributed by atoms with van der Waals surface area (Å²) in [4.78, 5) is 27.2. The van der Waals surface area contributed by atoms with Crippen LogP contribution >= 0.6 is 0 Å². The number of carbonyl (C=O) groups is 2. The molecule has 1 fully saturated rings. The van der Waals surface area contributed by atoms with Gasteiger partial charge in [-0.3, -0.25) is 14.3 Å². The predicted octanol–water partition coefficient (Wildman–Crippen LogP) is 0.870. The fourth-order valence-electron chi connectivity index (χ4n) is 2.64. The van der Waals surface area contributed by atoms with Gasteiger partial charge in [0.05, 0.1) is 17.2 Å². The molecule has 2 N–H and O–H groups in total. The molecular weight excluding hydrogens is 272 g/mol. The van der Waals surface area contributed by atoms with Gasteiger partial charge in [0.15, 0.2) is 5.65 Å². The highest BCUT2D eigenvalue weighted by atomic mass is 16.4. The molecule has 0 bridgehead atoms. The number of amides is 1. The van der Waals surface area contributed by atoms with Crippen LogP contribution in [-0.4, -0.2) is 37.8 Å². The number of hydrogen-bond acceptors (Lipinski definition) is 4. The van der Waals surface area contributed by atoms with Crippen molar-refractivity contribution in [3.05, 3.63) is 23.5 Å². The summed E-state index contributed by atoms with van der Waals surface area (Å²) in [5, 5.41) is 16.8. The van der Waals surface area contributed by atoms with Crippen molar-refractivity contribution < 1.29 is 14.7 Å². The van der Waals surface area contributed by atoms with Crippen LogP contribution in [0.1, 0.15) is 28.9 Å². The summed E-state index contributed by atoms with van der Waals surface area (Å²) in [6.45, 7) is 1.87. The van der Waals surface area contributed by atoms with Gasteiger partial charge in [0.1, 0.15) is 0 Å². The van der Waals surface area contributed by atoms with Crippen LogP contribution < -0.4 is 5.32 Å². The maximum Gasteiger partial charge on any atom is 0.306 e. The van der Waals surface area contributed by atoms with Crippen LogP contribution in [0.4, 0.5) is 0 Å². The van der Waals surface area contributed by atoms with Crippen LogP contribution in [0.3, 0.4) is 0 Å². The molecule has 21 heavy (non-hydrogen) atoms. The van der Waals surface area contributed by atoms with Crippen LogP contribution in [0, 0.1) is 12.8 Å². The van der Waals surface area contributed by atoms with E-state index in [1.54, 1.807) is 10.7 Å². The second kappa shape index (κ2) is 4.83. The summed E-state index contributed by atoms with van der Waals surface area (Å²) in [6.07, 6.45) is 2.50. The Kier molecular flexibility index (Phi) is 3.12. The normalized spacial score (nSPS) is 21.0. The molecule has 1 aliphatic carbocycles. The van der Waals surface area contributed by atoms with Gasteiger partial charge in [0.2, 0.25) is 0 Å². The fraction of sp³-hybridized carbons (Fsp3) is 0.429. The number of fused-ring (bicyclic) bond motifs is 1. The van der Waals surface area contributed by atoms with E-state index >= 15 is 0 Å². The van der Waals surface area contributed by atoms with Crippen molar-refractivity contribution >= 4 is 22.9 Å². The molecule has 1 saturated carbocycles. The van der Waals surface area contributed by atoms with Gasteiger partial charge in [-0.25, -0.2) is 4.98 Å². The summed E-state index contributed by atoms with van der Waals surface area (Å²) in [6, 6.07) is 1.71. The second-order valence-electron chi connectivity index (χ2n) is 5.48. The molecule has 7 heteroatoms. The first-order chi connectivity index (χ1) is 9.95. The maximum atomic E-state index is 12.2. The minimum atomic E-state index is -0.797. The number of pyridine rings is 1. The van der Waals surface area contributed by atoms with Crippen molar-refractivity contribution in [3.63, 3.8) is 0 Å². The molecule has 110 valence electrons. The average Bonchev–Trinajstić information content (AvgIpc) is 2.67. The van der Waals surface area contributed by atoms with Crippen LogP contribution in [-0.2, 0) is 11.8 Å². The molecule has 1 aliphatic rings. The summed E-state index contributed by atoms with van der Waals surface area (Å²) < 4.78 is 1.68. The molecule has 0 unspecified atom stereocenters. The molecule has 0 aromatic carbocycles. The van der Waals surface area contributed by atoms with E-state index in [1.807, 2.05) is 14.0 Å². The van der Waals surface area contributed by atoms with Gasteiger partial charge >= 0.3 is 5.97 Å². The highest BCUT2D eigenvalue weighted by molar-refractivity contribution is 5.97. The number of hydrogen-bond donors (Lipinski definition) is 2. The lowest BCUT2D eigenvalue weighted by Crippen LogP contribution is -2.46. The Morgan fingerprint density at radius 2 is 2.14 bits per heavy atom. The molecule has 2 aromatic heterocycles. The molecule has 0 aliphatic heterocycles. The summed E-state index contributed by atoms with van der Waals surface area (Å²) in [5.74, 6) is -1.35. The van der Waals surface area contributed by atoms with Gasteiger partial charge in [0, 0.05) is 24.7 Å². The van der Waals surface area contributed by atoms with Crippen LogP contribution in [0.2, 0.25) is 0 Å². The van der Waals surface area contributed by atoms with Gasteiger partial charge in [-0.05, 0) is 25.8 Å². The Balaban J connectivity index is 1.73. The zero-order chi connectivity index (χ0) is 15.1. The number of carboxylic acids is 1. The zero-order valence-corrected chi connectivity index (χ0v) is 11.8. The van der Waals surface area contributed by atoms with Gasteiger partial charge in [-0.2, -0.15) is 5.10 Å². The lowest BCUT2D eigenvalue weighted by molar-refractivity contribution is -0.145. The third kappa shape index (κ3) is 2.35. The third-order valence-electron chi connectivity index (χ3n) is 3.95. The molecule has 0 spiro atoms. The first kappa shape index (κ1) is 13.5. The number of carboxylic acid groups (broad SMARTS) is 1. The Morgan fingerprint density at radius 1 is 1.43 bits per heavy atom. The molecule has 0 atom stereocenters. The van der Waals surface area contributed by atoms with E-state index < -0.39 is 5.97 Å². The van der Waals surface area contributed by atoms with E-state index in [0.29, 0.717) is 18.4 Å². The zero-order valence-electron chi connectivity index (χ0n) is 11.8. The van der Waals surface area contributed by atoms with Crippen molar-refractivity contribution in [1.29, 1.82) is 0 Å². The van der Waals surface area contributed by atoms with E-state index in [1.165, 1.54) is 6.20 Å². The standard InChI is InChI=1S/C14H16N4O3/c1-7-11-5-9(6-15-12(11)18(2)17-7)13(19)16-10-3-8(4-10)14(20)21/h5-6,8,10H,3-4H2,1-2H3,(H,16,19)(H,20,21). The minimum Gasteiger partial charge on any atom is -0.481 e. The molecule has 0 saturated heterocycles. The van der Waals surface area contributed by atoms with E-state index in [0.717, 1.165) is 16.7 Å². The molecule has 2 heterocycles. The van der Waals surface area contributed by atoms with Crippen molar-refractivity contribution in [1.82, 2.24) is 20.1 Å². The SMILES string of the molecule is Cc1nn(C)c2ncc(C(=O)NC3CC(C(=O)O)C3)cc12. The van der Waals surface area contributed by atoms with E-state index in [-0.39, 0.29) is 17.9 Å². The van der Waals surface area contributed by atoms with Crippen molar-refractivity contribution in [2.75, 3.05) is 0 Å². The van der Waals surface area contributed by atoms with Crippen molar-refractivity contribution in [3.8, 4) is 0 Å². The number of nitrogens with one attached hydrogen (secondary N) is 1. The number of aliphatic carboxylic acids is 1. The summed E-state index contributed by atoms with van der Waals surface area (Å²) >= 11 is 0. The summed E-state index contributed by atoms with van der Waals surface area (Å²) in [5.41, 5.74) is 2.03. The van der Waals surface area contributed by atoms with Crippen molar-refractivity contribution in [2.24, 2.45) is 13.0 Å². The third-order valence-corrected chi connectivity index (χ3v) is 3.95. The Labute approximate surface area is 121 Å². The highest BCUT2D eigenvalue weighted by Crippen LogP contribution is 2.27. The number of aryl methyl sites for hydroxylation is 2. The number of carbonyl (C=O) groups excluding carboxylic acids is 1. The number of rotatable bonds is 3. The first-order valence-electron chi connectivity index (χ1n) is 6.78. The van der Waals surface area contributed by atoms with E-state index in [9.17, 15) is 9.59 Å². The van der Waals surface area contributed by atoms with Crippen LogP contribution in [0.25, 0.3) is 11.0 Å². The van der Waals surface area contributed by atoms with Crippen molar-refractivity contribution in [2.45, 2.75) is 25.8 Å². The smallest absolute Gasteiger partial charge is 0.306 e. The van der Waals surface area contributed by atoms with Gasteiger partial charge in [0.25, 0.3) is 5.91 Å². The minimum absolute atomic E-state index is 0.0655. The van der Waals surface area contributed by atoms with Gasteiger partial charge in [-0.1, -0.05) is 0 Å². The maximum absolute atomic E-state index is 12.2. The quantitative estimate of drug-likeness (QED) is 0.873. The first-order valence-corrected chi connectivity index (χ1v) is 6.78. The number of nitrogens with zero attached hydrogens (tertiary/aromatic N) is 3. The molecule has 3 rings (SSSR count). The van der Waals surface area contributed by atoms with Crippen LogP contribution in [0.15, 0.2) is 12.3 Å². The van der Waals surface area contributed by atoms with Gasteiger partial charge < -0.3 is 10.4 Å². The molecule has 2 aromatic rings. The van der Waals surface area contributed by atoms with E-state index in [2.05, 4.69) is 15.4 Å². The molecule has 0 radical (unpaired) electrons. The predicted molar refractivity (Wildman–Crippen MR) is 74.9 cm³/mol. The lowest BCUT2D eigenvalue weighted by atomic mass is 9.80. The molecule has 1 amide bonds. The fourth-order valence-corrected chi connectivity index (χ4v) is 2.64. The topological polar surface area (TPSA) is 97.1 Å². The second-order valence-corrected chi connectivity index (χ2v) is 5.48. The van der Waals surface area contributed by atoms with Crippen LogP contribution in [0.5, 0.6) is 0 Å². The largest absolute Gasteiger partial charge is 0.481 e. The molecule has 7 nitrogen and oxygen atoms in total. The Morgan fingerprint density at radius 3 is 2.81 bits per heavy atom. The average molecular weight is 288 g/mol. The Hall–Kier alpha value is -2.44. The highest BCUT2D eigenvalue weighted by Gasteiger charge is 2.35. The van der Waals surface area contributed by atoms with E-state index in [4.69, 9.17) is 5.11 Å². The van der Waals surface area contributed by atoms with Gasteiger partial charge in [-0.15, -0.1) is 0 Å². The monoisotopic (exact) mass is 288 g/mol. The molecular formula is C14H16N4O3. The lowest BCUT2D eigenvalue weighted by Gasteiger charge is -2.32. The number of aromatic nitrogens is 3.